The van der Waals surface area contributed by atoms with Crippen LogP contribution >= 0.6 is 11.3 Å². The minimum atomic E-state index is -0.128. The molecule has 0 unspecified atom stereocenters. The zero-order valence-corrected chi connectivity index (χ0v) is 13.9. The number of nitrogens with zero attached hydrogens (tertiary/aromatic N) is 2. The Hall–Kier alpha value is -2.44. The van der Waals surface area contributed by atoms with E-state index in [1.54, 1.807) is 36.0 Å². The van der Waals surface area contributed by atoms with E-state index < -0.39 is 0 Å². The second kappa shape index (κ2) is 7.90. The number of thiophene rings is 1. The van der Waals surface area contributed by atoms with Crippen LogP contribution in [0.2, 0.25) is 0 Å². The summed E-state index contributed by atoms with van der Waals surface area (Å²) in [6.45, 7) is 0.508. The number of benzene rings is 1. The minimum absolute atomic E-state index is 0.0258. The van der Waals surface area contributed by atoms with Crippen LogP contribution in [0.3, 0.4) is 0 Å². The van der Waals surface area contributed by atoms with E-state index in [1.165, 1.54) is 4.88 Å². The fraction of sp³-hybridized carbons (Fsp3) is 0.222. The van der Waals surface area contributed by atoms with E-state index in [2.05, 4.69) is 10.3 Å². The predicted octanol–water partition coefficient (Wildman–Crippen LogP) is 2.51. The van der Waals surface area contributed by atoms with Crippen molar-refractivity contribution in [3.8, 4) is 5.69 Å². The molecular weight excluding hydrogens is 322 g/mol. The number of nitrogens with one attached hydrogen (secondary N) is 1. The maximum atomic E-state index is 12.3. The average Bonchev–Trinajstić information content (AvgIpc) is 3.32. The molecule has 124 valence electrons. The van der Waals surface area contributed by atoms with Crippen LogP contribution in [0, 0.1) is 5.92 Å². The van der Waals surface area contributed by atoms with Crippen molar-refractivity contribution in [3.63, 3.8) is 0 Å². The first-order valence-electron chi connectivity index (χ1n) is 7.76. The van der Waals surface area contributed by atoms with Gasteiger partial charge < -0.3 is 15.0 Å². The largest absolute Gasteiger partial charge is 0.396 e. The van der Waals surface area contributed by atoms with E-state index in [0.717, 1.165) is 12.1 Å². The van der Waals surface area contributed by atoms with Gasteiger partial charge in [0.15, 0.2) is 0 Å². The van der Waals surface area contributed by atoms with Gasteiger partial charge >= 0.3 is 0 Å². The Kier molecular flexibility index (Phi) is 5.40. The number of amides is 1. The van der Waals surface area contributed by atoms with Gasteiger partial charge in [0.25, 0.3) is 5.91 Å². The first-order chi connectivity index (χ1) is 11.8. The Balaban J connectivity index is 1.56. The van der Waals surface area contributed by atoms with Gasteiger partial charge in [-0.1, -0.05) is 6.07 Å². The smallest absolute Gasteiger partial charge is 0.251 e. The first kappa shape index (κ1) is 16.4. The zero-order chi connectivity index (χ0) is 16.8. The molecule has 3 aromatic rings. The third-order valence-electron chi connectivity index (χ3n) is 3.81. The molecule has 3 rings (SSSR count). The summed E-state index contributed by atoms with van der Waals surface area (Å²) in [6.07, 6.45) is 6.05. The fourth-order valence-electron chi connectivity index (χ4n) is 2.45. The molecule has 1 aromatic carbocycles. The summed E-state index contributed by atoms with van der Waals surface area (Å²) < 4.78 is 1.88. The Morgan fingerprint density at radius 1 is 1.29 bits per heavy atom. The molecule has 0 saturated carbocycles. The molecule has 0 fully saturated rings. The van der Waals surface area contributed by atoms with E-state index in [-0.39, 0.29) is 18.4 Å². The normalized spacial score (nSPS) is 12.0. The van der Waals surface area contributed by atoms with E-state index in [1.807, 2.05) is 40.4 Å². The topological polar surface area (TPSA) is 67.2 Å². The Labute approximate surface area is 144 Å². The van der Waals surface area contributed by atoms with Crippen LogP contribution in [-0.4, -0.2) is 33.7 Å². The number of aliphatic hydroxyl groups excluding tert-OH is 1. The number of aliphatic hydroxyl groups is 1. The van der Waals surface area contributed by atoms with Crippen molar-refractivity contribution in [1.29, 1.82) is 0 Å². The van der Waals surface area contributed by atoms with E-state index >= 15 is 0 Å². The van der Waals surface area contributed by atoms with Gasteiger partial charge in [-0.2, -0.15) is 0 Å². The molecule has 1 atom stereocenters. The van der Waals surface area contributed by atoms with Crippen molar-refractivity contribution in [2.24, 2.45) is 5.92 Å². The Morgan fingerprint density at radius 3 is 2.75 bits per heavy atom. The molecule has 0 saturated heterocycles. The monoisotopic (exact) mass is 341 g/mol. The quantitative estimate of drug-likeness (QED) is 0.694. The highest BCUT2D eigenvalue weighted by molar-refractivity contribution is 7.09. The van der Waals surface area contributed by atoms with Crippen molar-refractivity contribution in [3.05, 3.63) is 70.9 Å². The van der Waals surface area contributed by atoms with Gasteiger partial charge in [-0.25, -0.2) is 4.98 Å². The molecule has 0 spiro atoms. The van der Waals surface area contributed by atoms with Gasteiger partial charge in [0.05, 0.1) is 6.33 Å². The minimum Gasteiger partial charge on any atom is -0.396 e. The summed E-state index contributed by atoms with van der Waals surface area (Å²) in [7, 11) is 0. The lowest BCUT2D eigenvalue weighted by atomic mass is 10.1. The highest BCUT2D eigenvalue weighted by atomic mass is 32.1. The van der Waals surface area contributed by atoms with E-state index in [4.69, 9.17) is 0 Å². The highest BCUT2D eigenvalue weighted by Gasteiger charge is 2.12. The summed E-state index contributed by atoms with van der Waals surface area (Å²) in [4.78, 5) is 17.5. The van der Waals surface area contributed by atoms with Gasteiger partial charge in [0, 0.05) is 47.6 Å². The van der Waals surface area contributed by atoms with Gasteiger partial charge in [-0.05, 0) is 42.1 Å². The summed E-state index contributed by atoms with van der Waals surface area (Å²) >= 11 is 1.67. The maximum Gasteiger partial charge on any atom is 0.251 e. The number of carbonyl (C=O) groups is 1. The second-order valence-corrected chi connectivity index (χ2v) is 6.59. The number of aromatic nitrogens is 2. The van der Waals surface area contributed by atoms with Crippen LogP contribution < -0.4 is 5.32 Å². The first-order valence-corrected chi connectivity index (χ1v) is 8.64. The van der Waals surface area contributed by atoms with Crippen molar-refractivity contribution in [1.82, 2.24) is 14.9 Å². The molecule has 2 heterocycles. The molecule has 0 aliphatic rings. The third-order valence-corrected chi connectivity index (χ3v) is 4.71. The Bertz CT molecular complexity index is 752. The molecule has 1 amide bonds. The second-order valence-electron chi connectivity index (χ2n) is 5.56. The van der Waals surface area contributed by atoms with Crippen LogP contribution in [0.5, 0.6) is 0 Å². The number of hydrogen-bond acceptors (Lipinski definition) is 4. The standard InChI is InChI=1S/C18H19N3O2S/c22-12-14(10-17-2-1-9-24-17)11-20-18(23)15-3-5-16(6-4-15)21-8-7-19-13-21/h1-9,13-14,22H,10-12H2,(H,20,23)/t14-/m1/s1. The molecule has 0 aliphatic carbocycles. The third kappa shape index (κ3) is 4.10. The van der Waals surface area contributed by atoms with Gasteiger partial charge in [0.1, 0.15) is 0 Å². The summed E-state index contributed by atoms with van der Waals surface area (Å²) in [5, 5.41) is 14.4. The van der Waals surface area contributed by atoms with Crippen LogP contribution in [0.4, 0.5) is 0 Å². The molecule has 5 nitrogen and oxygen atoms in total. The molecule has 2 N–H and O–H groups in total. The molecule has 0 radical (unpaired) electrons. The molecule has 6 heteroatoms. The molecule has 0 aliphatic heterocycles. The molecule has 2 aromatic heterocycles. The Morgan fingerprint density at radius 2 is 2.12 bits per heavy atom. The van der Waals surface area contributed by atoms with Crippen molar-refractivity contribution in [2.45, 2.75) is 6.42 Å². The molecule has 0 bridgehead atoms. The lowest BCUT2D eigenvalue weighted by molar-refractivity contribution is 0.0940. The zero-order valence-electron chi connectivity index (χ0n) is 13.1. The number of imidazole rings is 1. The predicted molar refractivity (Wildman–Crippen MR) is 94.5 cm³/mol. The van der Waals surface area contributed by atoms with Gasteiger partial charge in [0.2, 0.25) is 0 Å². The van der Waals surface area contributed by atoms with E-state index in [0.29, 0.717) is 12.1 Å². The molecular formula is C18H19N3O2S. The van der Waals surface area contributed by atoms with Crippen LogP contribution in [0.1, 0.15) is 15.2 Å². The summed E-state index contributed by atoms with van der Waals surface area (Å²) in [5.74, 6) is -0.102. The van der Waals surface area contributed by atoms with Crippen LogP contribution in [0.15, 0.2) is 60.5 Å². The van der Waals surface area contributed by atoms with Crippen molar-refractivity contribution >= 4 is 17.2 Å². The van der Waals surface area contributed by atoms with Crippen LogP contribution in [-0.2, 0) is 6.42 Å². The van der Waals surface area contributed by atoms with Gasteiger partial charge in [-0.3, -0.25) is 4.79 Å². The van der Waals surface area contributed by atoms with Crippen molar-refractivity contribution < 1.29 is 9.90 Å². The number of hydrogen-bond donors (Lipinski definition) is 2. The van der Waals surface area contributed by atoms with E-state index in [9.17, 15) is 9.90 Å². The number of rotatable bonds is 7. The fourth-order valence-corrected chi connectivity index (χ4v) is 3.27. The summed E-state index contributed by atoms with van der Waals surface area (Å²) in [6, 6.07) is 11.4. The van der Waals surface area contributed by atoms with Gasteiger partial charge in [-0.15, -0.1) is 11.3 Å². The van der Waals surface area contributed by atoms with Crippen LogP contribution in [0.25, 0.3) is 5.69 Å². The SMILES string of the molecule is O=C(NC[C@H](CO)Cc1cccs1)c1ccc(-n2ccnc2)cc1. The number of carbonyl (C=O) groups excluding carboxylic acids is 1. The lowest BCUT2D eigenvalue weighted by Crippen LogP contribution is -2.31. The summed E-state index contributed by atoms with van der Waals surface area (Å²) in [5.41, 5.74) is 1.56. The lowest BCUT2D eigenvalue weighted by Gasteiger charge is -2.14. The highest BCUT2D eigenvalue weighted by Crippen LogP contribution is 2.14. The maximum absolute atomic E-state index is 12.3. The molecule has 24 heavy (non-hydrogen) atoms. The van der Waals surface area contributed by atoms with Crippen molar-refractivity contribution in [2.75, 3.05) is 13.2 Å². The average molecular weight is 341 g/mol.